The molecule has 292 valence electrons. The van der Waals surface area contributed by atoms with Gasteiger partial charge in [-0.3, -0.25) is 9.59 Å². The van der Waals surface area contributed by atoms with Gasteiger partial charge in [0.15, 0.2) is 12.4 Å². The predicted molar refractivity (Wildman–Crippen MR) is 205 cm³/mol. The van der Waals surface area contributed by atoms with E-state index in [9.17, 15) is 19.5 Å². The lowest BCUT2D eigenvalue weighted by molar-refractivity contribution is -0.870. The van der Waals surface area contributed by atoms with E-state index < -0.39 is 24.3 Å². The van der Waals surface area contributed by atoms with Crippen molar-refractivity contribution in [3.05, 3.63) is 60.8 Å². The Kier molecular flexibility index (Phi) is 32.1. The molecule has 0 bridgehead atoms. The Bertz CT molecular complexity index is 1020. The third kappa shape index (κ3) is 35.2. The molecule has 0 saturated heterocycles. The van der Waals surface area contributed by atoms with Crippen molar-refractivity contribution in [2.75, 3.05) is 47.5 Å². The molecule has 0 spiro atoms. The van der Waals surface area contributed by atoms with Crippen LogP contribution in [0.2, 0.25) is 0 Å². The lowest BCUT2D eigenvalue weighted by Gasteiger charge is -2.26. The molecule has 9 heteroatoms. The lowest BCUT2D eigenvalue weighted by Crippen LogP contribution is -2.44. The second-order valence-electron chi connectivity index (χ2n) is 13.8. The maximum absolute atomic E-state index is 12.6. The minimum absolute atomic E-state index is 0.135. The number of carboxylic acids is 1. The highest BCUT2D eigenvalue weighted by molar-refractivity contribution is 5.70. The second-order valence-corrected chi connectivity index (χ2v) is 13.8. The number of carbonyl (C=O) groups is 3. The average molecular weight is 718 g/mol. The number of rotatable bonds is 34. The molecule has 0 heterocycles. The number of likely N-dealkylation sites (N-methyl/N-ethyl adjacent to an activating group) is 1. The summed E-state index contributed by atoms with van der Waals surface area (Å²) in [4.78, 5) is 36.7. The number of nitrogens with zero attached hydrogens (tertiary/aromatic N) is 1. The molecule has 0 radical (unpaired) electrons. The normalized spacial score (nSPS) is 13.7. The van der Waals surface area contributed by atoms with Gasteiger partial charge in [0.1, 0.15) is 13.2 Å². The van der Waals surface area contributed by atoms with Crippen LogP contribution in [0.5, 0.6) is 0 Å². The van der Waals surface area contributed by atoms with Gasteiger partial charge in [-0.05, 0) is 51.4 Å². The number of carbonyl (C=O) groups excluding carboxylic acids is 3. The van der Waals surface area contributed by atoms with Crippen molar-refractivity contribution in [2.45, 2.75) is 142 Å². The first-order valence-corrected chi connectivity index (χ1v) is 19.4. The quantitative estimate of drug-likeness (QED) is 0.0216. The van der Waals surface area contributed by atoms with Crippen molar-refractivity contribution in [1.82, 2.24) is 0 Å². The highest BCUT2D eigenvalue weighted by Crippen LogP contribution is 2.12. The van der Waals surface area contributed by atoms with Gasteiger partial charge in [-0.15, -0.1) is 0 Å². The summed E-state index contributed by atoms with van der Waals surface area (Å²) in [6.45, 7) is 4.50. The zero-order valence-electron chi connectivity index (χ0n) is 32.7. The van der Waals surface area contributed by atoms with E-state index in [0.29, 0.717) is 23.9 Å². The molecular weight excluding hydrogens is 646 g/mol. The molecule has 9 nitrogen and oxygen atoms in total. The van der Waals surface area contributed by atoms with Gasteiger partial charge in [-0.25, -0.2) is 0 Å². The number of unbranched alkanes of at least 4 members (excludes halogenated alkanes) is 9. The van der Waals surface area contributed by atoms with Crippen molar-refractivity contribution < 1.29 is 42.9 Å². The van der Waals surface area contributed by atoms with Crippen LogP contribution in [0.15, 0.2) is 60.8 Å². The summed E-state index contributed by atoms with van der Waals surface area (Å²) in [6, 6.07) is 0. The summed E-state index contributed by atoms with van der Waals surface area (Å²) in [5.41, 5.74) is 0. The topological polar surface area (TPSA) is 111 Å². The van der Waals surface area contributed by atoms with Crippen LogP contribution in [-0.4, -0.2) is 82.3 Å². The van der Waals surface area contributed by atoms with Crippen LogP contribution in [0.4, 0.5) is 0 Å². The number of allylic oxidation sites excluding steroid dienone is 10. The van der Waals surface area contributed by atoms with Gasteiger partial charge >= 0.3 is 11.9 Å². The third-order valence-corrected chi connectivity index (χ3v) is 7.78. The van der Waals surface area contributed by atoms with Crippen LogP contribution in [0.3, 0.4) is 0 Å². The van der Waals surface area contributed by atoms with Crippen LogP contribution in [-0.2, 0) is 33.3 Å². The Balaban J connectivity index is 4.64. The molecule has 0 amide bonds. The summed E-state index contributed by atoms with van der Waals surface area (Å²) in [6.07, 6.45) is 35.5. The zero-order valence-corrected chi connectivity index (χ0v) is 32.7. The second kappa shape index (κ2) is 34.1. The molecule has 0 aromatic rings. The van der Waals surface area contributed by atoms with Gasteiger partial charge in [0.05, 0.1) is 40.3 Å². The first kappa shape index (κ1) is 48.0. The van der Waals surface area contributed by atoms with Gasteiger partial charge in [0.2, 0.25) is 0 Å². The summed E-state index contributed by atoms with van der Waals surface area (Å²) < 4.78 is 22.3. The van der Waals surface area contributed by atoms with Crippen molar-refractivity contribution in [2.24, 2.45) is 0 Å². The summed E-state index contributed by atoms with van der Waals surface area (Å²) >= 11 is 0. The monoisotopic (exact) mass is 718 g/mol. The number of esters is 2. The number of ether oxygens (including phenoxy) is 4. The van der Waals surface area contributed by atoms with E-state index in [-0.39, 0.29) is 38.6 Å². The summed E-state index contributed by atoms with van der Waals surface area (Å²) in [5.74, 6) is -2.38. The number of hydrogen-bond donors (Lipinski definition) is 0. The molecule has 0 aromatic heterocycles. The van der Waals surface area contributed by atoms with Crippen LogP contribution in [0, 0.1) is 0 Å². The zero-order chi connectivity index (χ0) is 37.8. The SMILES string of the molecule is CC/C=C\C/C=C\C/C=C\C/C=C\C/C=C\CCCC(=O)OC(COC(=O)CCCCCCCCCCC)COC(OCC[N+](C)(C)C)C(=O)[O-]. The molecule has 0 aliphatic heterocycles. The minimum atomic E-state index is -1.63. The number of hydrogen-bond acceptors (Lipinski definition) is 8. The highest BCUT2D eigenvalue weighted by atomic mass is 16.7. The average Bonchev–Trinajstić information content (AvgIpc) is 3.08. The van der Waals surface area contributed by atoms with E-state index in [4.69, 9.17) is 18.9 Å². The molecule has 0 saturated carbocycles. The van der Waals surface area contributed by atoms with E-state index in [2.05, 4.69) is 68.5 Å². The summed E-state index contributed by atoms with van der Waals surface area (Å²) in [7, 11) is 5.87. The first-order chi connectivity index (χ1) is 24.6. The van der Waals surface area contributed by atoms with Crippen LogP contribution in [0.1, 0.15) is 129 Å². The lowest BCUT2D eigenvalue weighted by atomic mass is 10.1. The Morgan fingerprint density at radius 2 is 1.12 bits per heavy atom. The van der Waals surface area contributed by atoms with Gasteiger partial charge in [0.25, 0.3) is 0 Å². The number of quaternary nitrogens is 1. The van der Waals surface area contributed by atoms with Crippen molar-refractivity contribution in [3.63, 3.8) is 0 Å². The molecule has 0 aliphatic carbocycles. The molecular formula is C42H71NO8. The maximum atomic E-state index is 12.6. The molecule has 2 unspecified atom stereocenters. The molecule has 0 N–H and O–H groups in total. The maximum Gasteiger partial charge on any atom is 0.306 e. The van der Waals surface area contributed by atoms with Crippen LogP contribution in [0.25, 0.3) is 0 Å². The van der Waals surface area contributed by atoms with Gasteiger partial charge in [-0.2, -0.15) is 0 Å². The highest BCUT2D eigenvalue weighted by Gasteiger charge is 2.21. The molecule has 0 aromatic carbocycles. The Morgan fingerprint density at radius 1 is 0.608 bits per heavy atom. The Hall–Kier alpha value is -3.01. The standard InChI is InChI=1S/C42H71NO8/c1-6-8-10-12-14-16-17-18-19-20-21-22-23-25-27-29-31-33-40(45)51-38(37-50-42(41(46)47)48-35-34-43(3,4)5)36-49-39(44)32-30-28-26-24-15-13-11-9-7-2/h8,10,14,16,18-19,21-22,25,27,38,42H,6-7,9,11-13,15,17,20,23-24,26,28-37H2,1-5H3/b10-8-,16-14-,19-18-,22-21-,27-25-. The fourth-order valence-corrected chi connectivity index (χ4v) is 4.74. The van der Waals surface area contributed by atoms with E-state index in [1.165, 1.54) is 38.5 Å². The predicted octanol–water partition coefficient (Wildman–Crippen LogP) is 8.10. The van der Waals surface area contributed by atoms with E-state index in [0.717, 1.165) is 51.4 Å². The van der Waals surface area contributed by atoms with Gasteiger partial charge in [0, 0.05) is 12.8 Å². The molecule has 0 aliphatic rings. The molecule has 51 heavy (non-hydrogen) atoms. The minimum Gasteiger partial charge on any atom is -0.545 e. The third-order valence-electron chi connectivity index (χ3n) is 7.78. The van der Waals surface area contributed by atoms with Gasteiger partial charge < -0.3 is 33.3 Å². The largest absolute Gasteiger partial charge is 0.545 e. The van der Waals surface area contributed by atoms with Crippen LogP contribution < -0.4 is 5.11 Å². The Morgan fingerprint density at radius 3 is 1.65 bits per heavy atom. The van der Waals surface area contributed by atoms with E-state index in [1.54, 1.807) is 0 Å². The fraction of sp³-hybridized carbons (Fsp3) is 0.690. The number of carboxylic acid groups (broad SMARTS) is 1. The van der Waals surface area contributed by atoms with Crippen molar-refractivity contribution in [3.8, 4) is 0 Å². The van der Waals surface area contributed by atoms with Crippen LogP contribution >= 0.6 is 0 Å². The number of aliphatic carboxylic acids is 1. The van der Waals surface area contributed by atoms with E-state index >= 15 is 0 Å². The molecule has 0 rings (SSSR count). The smallest absolute Gasteiger partial charge is 0.306 e. The fourth-order valence-electron chi connectivity index (χ4n) is 4.74. The van der Waals surface area contributed by atoms with Crippen molar-refractivity contribution >= 4 is 17.9 Å². The van der Waals surface area contributed by atoms with Gasteiger partial charge in [-0.1, -0.05) is 126 Å². The summed E-state index contributed by atoms with van der Waals surface area (Å²) in [5, 5.41) is 11.6. The van der Waals surface area contributed by atoms with E-state index in [1.807, 2.05) is 27.2 Å². The Labute approximate surface area is 310 Å². The molecule has 0 fully saturated rings. The van der Waals surface area contributed by atoms with Crippen molar-refractivity contribution in [1.29, 1.82) is 0 Å². The molecule has 2 atom stereocenters. The first-order valence-electron chi connectivity index (χ1n) is 19.4.